The Morgan fingerprint density at radius 1 is 1.17 bits per heavy atom. The monoisotopic (exact) mass is 483 g/mol. The lowest BCUT2D eigenvalue weighted by Crippen LogP contribution is -2.41. The number of aliphatic hydroxyl groups is 1. The number of ether oxygens (including phenoxy) is 1. The van der Waals surface area contributed by atoms with E-state index < -0.39 is 17.5 Å². The third-order valence-corrected chi connectivity index (χ3v) is 6.10. The number of hydrogen-bond donors (Lipinski definition) is 2. The molecule has 5 heteroatoms. The summed E-state index contributed by atoms with van der Waals surface area (Å²) < 4.78 is 5.46. The summed E-state index contributed by atoms with van der Waals surface area (Å²) in [6, 6.07) is 8.43. The van der Waals surface area contributed by atoms with E-state index in [1.54, 1.807) is 13.8 Å². The van der Waals surface area contributed by atoms with Crippen molar-refractivity contribution >= 4 is 18.0 Å². The fourth-order valence-electron chi connectivity index (χ4n) is 3.38. The number of nitrogens with one attached hydrogen (secondary N) is 1. The first kappa shape index (κ1) is 30.2. The van der Waals surface area contributed by atoms with E-state index in [0.717, 1.165) is 6.42 Å². The highest BCUT2D eigenvalue weighted by molar-refractivity contribution is 5.80. The lowest BCUT2D eigenvalue weighted by Gasteiger charge is -2.27. The second-order valence-corrected chi connectivity index (χ2v) is 10.7. The van der Waals surface area contributed by atoms with Gasteiger partial charge in [-0.3, -0.25) is 9.59 Å². The van der Waals surface area contributed by atoms with Gasteiger partial charge in [-0.25, -0.2) is 0 Å². The molecule has 1 aromatic carbocycles. The first-order valence-corrected chi connectivity index (χ1v) is 12.6. The number of carbonyl (C=O) groups is 2. The predicted molar refractivity (Wildman–Crippen MR) is 145 cm³/mol. The summed E-state index contributed by atoms with van der Waals surface area (Å²) in [5.74, 6) is 0.315. The van der Waals surface area contributed by atoms with Crippen molar-refractivity contribution in [2.24, 2.45) is 23.2 Å². The van der Waals surface area contributed by atoms with Crippen LogP contribution in [0.2, 0.25) is 0 Å². The molecule has 0 aromatic heterocycles. The van der Waals surface area contributed by atoms with Gasteiger partial charge in [-0.05, 0) is 56.9 Å². The van der Waals surface area contributed by atoms with Gasteiger partial charge in [0.1, 0.15) is 5.76 Å². The summed E-state index contributed by atoms with van der Waals surface area (Å²) in [5, 5.41) is 12.5. The van der Waals surface area contributed by atoms with E-state index in [-0.39, 0.29) is 30.5 Å². The standard InChI is InChI=1S/C30H45NO4/c1-21(2)18-27(25(6)32)35-29(34)30(7,8)20-31-28(33)15-10-9-13-23(4)24(5)16-17-26-14-11-12-22(3)19-26/h9-12,14,16-17,19,21,23-24,27,32H,6,13,15,18,20H2,1-5,7-8H3,(H,31,33)/b10-9+,17-16+. The summed E-state index contributed by atoms with van der Waals surface area (Å²) >= 11 is 0. The van der Waals surface area contributed by atoms with Gasteiger partial charge in [-0.15, -0.1) is 0 Å². The molecular formula is C30H45NO4. The average Bonchev–Trinajstić information content (AvgIpc) is 2.77. The van der Waals surface area contributed by atoms with Gasteiger partial charge in [-0.1, -0.05) is 88.4 Å². The maximum atomic E-state index is 12.6. The van der Waals surface area contributed by atoms with Crippen LogP contribution in [0, 0.1) is 30.1 Å². The van der Waals surface area contributed by atoms with Crippen LogP contribution in [-0.2, 0) is 14.3 Å². The second-order valence-electron chi connectivity index (χ2n) is 10.7. The predicted octanol–water partition coefficient (Wildman–Crippen LogP) is 6.79. The molecule has 1 amide bonds. The molecule has 0 saturated heterocycles. The minimum atomic E-state index is -0.919. The van der Waals surface area contributed by atoms with Crippen molar-refractivity contribution < 1.29 is 19.4 Å². The minimum Gasteiger partial charge on any atom is -0.509 e. The molecule has 3 atom stereocenters. The molecule has 0 radical (unpaired) electrons. The Bertz CT molecular complexity index is 897. The van der Waals surface area contributed by atoms with Gasteiger partial charge in [0, 0.05) is 13.0 Å². The Morgan fingerprint density at radius 3 is 2.46 bits per heavy atom. The van der Waals surface area contributed by atoms with Gasteiger partial charge in [0.25, 0.3) is 0 Å². The van der Waals surface area contributed by atoms with Crippen LogP contribution in [0.4, 0.5) is 0 Å². The van der Waals surface area contributed by atoms with Crippen LogP contribution in [0.25, 0.3) is 6.08 Å². The minimum absolute atomic E-state index is 0.146. The van der Waals surface area contributed by atoms with Gasteiger partial charge in [-0.2, -0.15) is 0 Å². The number of rotatable bonds is 14. The highest BCUT2D eigenvalue weighted by Gasteiger charge is 2.32. The molecule has 194 valence electrons. The molecule has 0 heterocycles. The maximum absolute atomic E-state index is 12.6. The summed E-state index contributed by atoms with van der Waals surface area (Å²) in [7, 11) is 0. The molecule has 0 saturated carbocycles. The van der Waals surface area contributed by atoms with Crippen LogP contribution in [0.15, 0.2) is 54.8 Å². The van der Waals surface area contributed by atoms with Crippen molar-refractivity contribution in [3.8, 4) is 0 Å². The summed E-state index contributed by atoms with van der Waals surface area (Å²) in [4.78, 5) is 24.9. The molecule has 0 fully saturated rings. The normalized spacial score (nSPS) is 14.7. The summed E-state index contributed by atoms with van der Waals surface area (Å²) in [6.07, 6.45) is 9.22. The average molecular weight is 484 g/mol. The fourth-order valence-corrected chi connectivity index (χ4v) is 3.38. The zero-order valence-corrected chi connectivity index (χ0v) is 22.6. The second kappa shape index (κ2) is 14.6. The topological polar surface area (TPSA) is 75.6 Å². The molecule has 35 heavy (non-hydrogen) atoms. The van der Waals surface area contributed by atoms with Gasteiger partial charge >= 0.3 is 5.97 Å². The Kier molecular flexibility index (Phi) is 12.6. The maximum Gasteiger partial charge on any atom is 0.314 e. The molecule has 3 unspecified atom stereocenters. The molecule has 0 bridgehead atoms. The molecule has 0 spiro atoms. The molecule has 2 N–H and O–H groups in total. The quantitative estimate of drug-likeness (QED) is 0.174. The molecule has 5 nitrogen and oxygen atoms in total. The van der Waals surface area contributed by atoms with Gasteiger partial charge in [0.05, 0.1) is 5.41 Å². The molecule has 0 aliphatic carbocycles. The number of esters is 1. The van der Waals surface area contributed by atoms with Gasteiger partial charge < -0.3 is 15.2 Å². The Labute approximate surface area is 212 Å². The summed E-state index contributed by atoms with van der Waals surface area (Å²) in [5.41, 5.74) is 1.54. The van der Waals surface area contributed by atoms with Gasteiger partial charge in [0.15, 0.2) is 6.10 Å². The highest BCUT2D eigenvalue weighted by Crippen LogP contribution is 2.22. The fraction of sp³-hybridized carbons (Fsp3) is 0.533. The zero-order valence-electron chi connectivity index (χ0n) is 22.6. The van der Waals surface area contributed by atoms with Crippen molar-refractivity contribution in [1.82, 2.24) is 5.32 Å². The third kappa shape index (κ3) is 11.9. The van der Waals surface area contributed by atoms with Gasteiger partial charge in [0.2, 0.25) is 5.91 Å². The smallest absolute Gasteiger partial charge is 0.314 e. The first-order chi connectivity index (χ1) is 16.3. The van der Waals surface area contributed by atoms with Crippen molar-refractivity contribution in [1.29, 1.82) is 0 Å². The number of aliphatic hydroxyl groups excluding tert-OH is 1. The van der Waals surface area contributed by atoms with Crippen LogP contribution < -0.4 is 5.32 Å². The van der Waals surface area contributed by atoms with E-state index in [9.17, 15) is 14.7 Å². The van der Waals surface area contributed by atoms with E-state index in [0.29, 0.717) is 18.3 Å². The Hall–Kier alpha value is -2.82. The molecular weight excluding hydrogens is 438 g/mol. The van der Waals surface area contributed by atoms with E-state index in [1.807, 2.05) is 26.0 Å². The van der Waals surface area contributed by atoms with Crippen LogP contribution in [0.1, 0.15) is 71.9 Å². The van der Waals surface area contributed by atoms with Crippen LogP contribution in [-0.4, -0.2) is 29.6 Å². The molecule has 0 aliphatic rings. The van der Waals surface area contributed by atoms with Crippen molar-refractivity contribution in [2.45, 2.75) is 73.8 Å². The lowest BCUT2D eigenvalue weighted by molar-refractivity contribution is -0.159. The lowest BCUT2D eigenvalue weighted by atomic mass is 9.91. The molecule has 0 aliphatic heterocycles. The number of amides is 1. The van der Waals surface area contributed by atoms with E-state index in [1.165, 1.54) is 11.1 Å². The van der Waals surface area contributed by atoms with E-state index >= 15 is 0 Å². The number of hydrogen-bond acceptors (Lipinski definition) is 4. The molecule has 1 rings (SSSR count). The first-order valence-electron chi connectivity index (χ1n) is 12.6. The van der Waals surface area contributed by atoms with E-state index in [4.69, 9.17) is 4.74 Å². The van der Waals surface area contributed by atoms with Crippen molar-refractivity contribution in [3.05, 3.63) is 66.0 Å². The number of carbonyl (C=O) groups excluding carboxylic acids is 2. The van der Waals surface area contributed by atoms with Crippen LogP contribution >= 0.6 is 0 Å². The SMILES string of the molecule is C=C(O)C(CC(C)C)OC(=O)C(C)(C)CNC(=O)C/C=C/CC(C)C(C)/C=C/c1cccc(C)c1. The zero-order chi connectivity index (χ0) is 26.6. The van der Waals surface area contributed by atoms with Crippen molar-refractivity contribution in [2.75, 3.05) is 6.54 Å². The molecule has 1 aromatic rings. The third-order valence-electron chi connectivity index (χ3n) is 6.10. The van der Waals surface area contributed by atoms with Crippen LogP contribution in [0.5, 0.6) is 0 Å². The number of aryl methyl sites for hydroxylation is 1. The largest absolute Gasteiger partial charge is 0.509 e. The highest BCUT2D eigenvalue weighted by atomic mass is 16.6. The Morgan fingerprint density at radius 2 is 1.86 bits per heavy atom. The van der Waals surface area contributed by atoms with Crippen LogP contribution in [0.3, 0.4) is 0 Å². The Balaban J connectivity index is 2.44. The van der Waals surface area contributed by atoms with Crippen molar-refractivity contribution in [3.63, 3.8) is 0 Å². The summed E-state index contributed by atoms with van der Waals surface area (Å²) in [6.45, 7) is 17.5. The van der Waals surface area contributed by atoms with E-state index in [2.05, 4.69) is 69.1 Å². The number of allylic oxidation sites excluding steroid dienone is 2. The number of benzene rings is 1.